The maximum atomic E-state index is 8.88. The lowest BCUT2D eigenvalue weighted by molar-refractivity contribution is 1.07. The van der Waals surface area contributed by atoms with Gasteiger partial charge in [0, 0.05) is 24.5 Å². The molecule has 2 aromatic rings. The number of hydrogen-bond donors (Lipinski definition) is 1. The molecule has 0 atom stereocenters. The van der Waals surface area contributed by atoms with Crippen LogP contribution in [0.1, 0.15) is 16.7 Å². The van der Waals surface area contributed by atoms with Crippen molar-refractivity contribution in [3.8, 4) is 17.2 Å². The fraction of sp³-hybridized carbons (Fsp3) is 0.143. The number of benzene rings is 1. The van der Waals surface area contributed by atoms with E-state index in [1.165, 1.54) is 5.56 Å². The largest absolute Gasteiger partial charge is 0.326 e. The zero-order valence-corrected chi connectivity index (χ0v) is 9.64. The summed E-state index contributed by atoms with van der Waals surface area (Å²) in [6.45, 7) is 2.51. The zero-order valence-electron chi connectivity index (χ0n) is 9.64. The van der Waals surface area contributed by atoms with E-state index in [2.05, 4.69) is 17.1 Å². The van der Waals surface area contributed by atoms with E-state index >= 15 is 0 Å². The van der Waals surface area contributed by atoms with E-state index in [9.17, 15) is 0 Å². The van der Waals surface area contributed by atoms with Gasteiger partial charge in [-0.15, -0.1) is 0 Å². The molecule has 1 aromatic heterocycles. The molecule has 0 bridgehead atoms. The number of nitrogens with two attached hydrogens (primary N) is 1. The smallest absolute Gasteiger partial charge is 0.101 e. The van der Waals surface area contributed by atoms with E-state index in [-0.39, 0.29) is 0 Å². The van der Waals surface area contributed by atoms with Crippen LogP contribution in [0.25, 0.3) is 11.1 Å². The Bertz CT molecular complexity index is 582. The average Bonchev–Trinajstić information content (AvgIpc) is 2.39. The molecule has 0 amide bonds. The predicted octanol–water partition coefficient (Wildman–Crippen LogP) is 2.39. The molecule has 1 heterocycles. The molecule has 3 nitrogen and oxygen atoms in total. The summed E-state index contributed by atoms with van der Waals surface area (Å²) < 4.78 is 0. The Hall–Kier alpha value is -2.18. The number of nitriles is 1. The topological polar surface area (TPSA) is 62.7 Å². The third-order valence-corrected chi connectivity index (χ3v) is 2.66. The van der Waals surface area contributed by atoms with Crippen molar-refractivity contribution >= 4 is 0 Å². The second kappa shape index (κ2) is 4.77. The van der Waals surface area contributed by atoms with Gasteiger partial charge in [0.25, 0.3) is 0 Å². The minimum Gasteiger partial charge on any atom is -0.326 e. The average molecular weight is 223 g/mol. The molecule has 17 heavy (non-hydrogen) atoms. The van der Waals surface area contributed by atoms with Gasteiger partial charge in [0.2, 0.25) is 0 Å². The summed E-state index contributed by atoms with van der Waals surface area (Å²) in [5, 5.41) is 8.88. The number of pyridine rings is 1. The minimum absolute atomic E-state index is 0.479. The fourth-order valence-corrected chi connectivity index (χ4v) is 1.79. The van der Waals surface area contributed by atoms with E-state index in [0.717, 1.165) is 16.7 Å². The first kappa shape index (κ1) is 11.3. The second-order valence-corrected chi connectivity index (χ2v) is 3.94. The van der Waals surface area contributed by atoms with Gasteiger partial charge in [0.15, 0.2) is 0 Å². The zero-order chi connectivity index (χ0) is 12.3. The van der Waals surface area contributed by atoms with Crippen molar-refractivity contribution in [1.29, 1.82) is 5.26 Å². The van der Waals surface area contributed by atoms with Crippen molar-refractivity contribution in [2.45, 2.75) is 13.5 Å². The Balaban J connectivity index is 2.59. The van der Waals surface area contributed by atoms with Crippen LogP contribution in [0.2, 0.25) is 0 Å². The summed E-state index contributed by atoms with van der Waals surface area (Å²) in [5.41, 5.74) is 10.5. The van der Waals surface area contributed by atoms with Crippen molar-refractivity contribution in [1.82, 2.24) is 4.98 Å². The van der Waals surface area contributed by atoms with E-state index in [0.29, 0.717) is 12.1 Å². The maximum Gasteiger partial charge on any atom is 0.101 e. The third kappa shape index (κ3) is 2.32. The van der Waals surface area contributed by atoms with Crippen molar-refractivity contribution < 1.29 is 0 Å². The van der Waals surface area contributed by atoms with Gasteiger partial charge in [-0.2, -0.15) is 5.26 Å². The molecule has 1 aromatic carbocycles. The van der Waals surface area contributed by atoms with E-state index in [4.69, 9.17) is 11.0 Å². The molecule has 3 heteroatoms. The van der Waals surface area contributed by atoms with Crippen LogP contribution in [0.4, 0.5) is 0 Å². The standard InChI is InChI=1S/C14H13N3/c1-10-2-3-12(7-16)14(4-10)13-5-11(6-15)8-17-9-13/h2-5,8-9H,7,16H2,1H3. The highest BCUT2D eigenvalue weighted by molar-refractivity contribution is 5.68. The highest BCUT2D eigenvalue weighted by atomic mass is 14.6. The van der Waals surface area contributed by atoms with Crippen LogP contribution in [0, 0.1) is 18.3 Å². The molecule has 0 unspecified atom stereocenters. The Morgan fingerprint density at radius 2 is 2.12 bits per heavy atom. The maximum absolute atomic E-state index is 8.88. The SMILES string of the molecule is Cc1ccc(CN)c(-c2cncc(C#N)c2)c1. The molecule has 0 saturated carbocycles. The summed E-state index contributed by atoms with van der Waals surface area (Å²) >= 11 is 0. The van der Waals surface area contributed by atoms with Crippen LogP contribution < -0.4 is 5.73 Å². The van der Waals surface area contributed by atoms with Gasteiger partial charge in [-0.25, -0.2) is 0 Å². The molecular weight excluding hydrogens is 210 g/mol. The van der Waals surface area contributed by atoms with Gasteiger partial charge in [-0.1, -0.05) is 23.8 Å². The summed E-state index contributed by atoms with van der Waals surface area (Å²) in [6.07, 6.45) is 3.32. The van der Waals surface area contributed by atoms with Crippen molar-refractivity contribution in [3.63, 3.8) is 0 Å². The van der Waals surface area contributed by atoms with Gasteiger partial charge >= 0.3 is 0 Å². The van der Waals surface area contributed by atoms with Crippen molar-refractivity contribution in [3.05, 3.63) is 53.3 Å². The molecular formula is C14H13N3. The lowest BCUT2D eigenvalue weighted by Gasteiger charge is -2.09. The number of nitrogens with zero attached hydrogens (tertiary/aromatic N) is 2. The van der Waals surface area contributed by atoms with Crippen molar-refractivity contribution in [2.24, 2.45) is 5.73 Å². The summed E-state index contributed by atoms with van der Waals surface area (Å²) in [7, 11) is 0. The lowest BCUT2D eigenvalue weighted by atomic mass is 9.98. The highest BCUT2D eigenvalue weighted by Crippen LogP contribution is 2.24. The minimum atomic E-state index is 0.479. The first-order valence-electron chi connectivity index (χ1n) is 5.39. The van der Waals surface area contributed by atoms with Crippen LogP contribution in [0.5, 0.6) is 0 Å². The molecule has 2 N–H and O–H groups in total. The van der Waals surface area contributed by atoms with Gasteiger partial charge in [-0.05, 0) is 24.1 Å². The second-order valence-electron chi connectivity index (χ2n) is 3.94. The summed E-state index contributed by atoms with van der Waals surface area (Å²) in [4.78, 5) is 4.07. The monoisotopic (exact) mass is 223 g/mol. The van der Waals surface area contributed by atoms with E-state index < -0.39 is 0 Å². The number of hydrogen-bond acceptors (Lipinski definition) is 3. The molecule has 84 valence electrons. The highest BCUT2D eigenvalue weighted by Gasteiger charge is 2.05. The number of aromatic nitrogens is 1. The van der Waals surface area contributed by atoms with Gasteiger partial charge in [0.1, 0.15) is 6.07 Å². The Morgan fingerprint density at radius 1 is 1.29 bits per heavy atom. The van der Waals surface area contributed by atoms with Gasteiger partial charge < -0.3 is 5.73 Å². The molecule has 0 saturated heterocycles. The molecule has 0 spiro atoms. The first-order valence-corrected chi connectivity index (χ1v) is 5.39. The first-order chi connectivity index (χ1) is 8.24. The van der Waals surface area contributed by atoms with Crippen LogP contribution >= 0.6 is 0 Å². The molecule has 0 radical (unpaired) electrons. The predicted molar refractivity (Wildman–Crippen MR) is 67.0 cm³/mol. The van der Waals surface area contributed by atoms with Crippen LogP contribution in [0.15, 0.2) is 36.7 Å². The van der Waals surface area contributed by atoms with E-state index in [1.807, 2.05) is 25.1 Å². The Labute approximate surface area is 101 Å². The third-order valence-electron chi connectivity index (χ3n) is 2.66. The molecule has 0 aliphatic rings. The lowest BCUT2D eigenvalue weighted by Crippen LogP contribution is -1.99. The molecule has 0 aliphatic carbocycles. The summed E-state index contributed by atoms with van der Waals surface area (Å²) in [6, 6.07) is 10.1. The van der Waals surface area contributed by atoms with Crippen LogP contribution in [-0.4, -0.2) is 4.98 Å². The molecule has 0 fully saturated rings. The number of aryl methyl sites for hydroxylation is 1. The van der Waals surface area contributed by atoms with Gasteiger partial charge in [0.05, 0.1) is 5.56 Å². The van der Waals surface area contributed by atoms with Gasteiger partial charge in [-0.3, -0.25) is 4.98 Å². The summed E-state index contributed by atoms with van der Waals surface area (Å²) in [5.74, 6) is 0. The molecule has 2 rings (SSSR count). The van der Waals surface area contributed by atoms with E-state index in [1.54, 1.807) is 12.4 Å². The Morgan fingerprint density at radius 3 is 2.82 bits per heavy atom. The van der Waals surface area contributed by atoms with Crippen LogP contribution in [0.3, 0.4) is 0 Å². The van der Waals surface area contributed by atoms with Crippen molar-refractivity contribution in [2.75, 3.05) is 0 Å². The van der Waals surface area contributed by atoms with Crippen LogP contribution in [-0.2, 0) is 6.54 Å². The normalized spacial score (nSPS) is 9.94. The fourth-order valence-electron chi connectivity index (χ4n) is 1.79. The number of rotatable bonds is 2. The Kier molecular flexibility index (Phi) is 3.17. The quantitative estimate of drug-likeness (QED) is 0.850. The molecule has 0 aliphatic heterocycles.